The minimum absolute atomic E-state index is 0.139. The highest BCUT2D eigenvalue weighted by molar-refractivity contribution is 5.98. The van der Waals surface area contributed by atoms with Crippen LogP contribution in [0.5, 0.6) is 0 Å². The summed E-state index contributed by atoms with van der Waals surface area (Å²) in [5.41, 5.74) is 4.30. The van der Waals surface area contributed by atoms with Gasteiger partial charge in [0.2, 0.25) is 5.91 Å². The van der Waals surface area contributed by atoms with Crippen molar-refractivity contribution in [2.24, 2.45) is 5.73 Å². The molecule has 0 aliphatic heterocycles. The summed E-state index contributed by atoms with van der Waals surface area (Å²) >= 11 is 0. The molecule has 0 bridgehead atoms. The summed E-state index contributed by atoms with van der Waals surface area (Å²) in [6.45, 7) is 2.83. The molecule has 2 N–H and O–H groups in total. The fraction of sp³-hybridized carbons (Fsp3) is 0.533. The van der Waals surface area contributed by atoms with Crippen molar-refractivity contribution < 1.29 is 14.0 Å². The van der Waals surface area contributed by atoms with Crippen molar-refractivity contribution in [2.75, 3.05) is 18.5 Å². The van der Waals surface area contributed by atoms with Gasteiger partial charge < -0.3 is 10.6 Å². The van der Waals surface area contributed by atoms with E-state index >= 15 is 0 Å². The number of pyridine rings is 1. The first-order valence-electron chi connectivity index (χ1n) is 7.09. The van der Waals surface area contributed by atoms with Crippen LogP contribution in [0.1, 0.15) is 42.1 Å². The monoisotopic (exact) mass is 293 g/mol. The van der Waals surface area contributed by atoms with E-state index in [2.05, 4.69) is 4.98 Å². The average Bonchev–Trinajstić information content (AvgIpc) is 3.18. The number of carbonyl (C=O) groups excluding carboxylic acids is 2. The molecule has 0 unspecified atom stereocenters. The van der Waals surface area contributed by atoms with Gasteiger partial charge in [-0.05, 0) is 30.9 Å². The van der Waals surface area contributed by atoms with Gasteiger partial charge in [-0.3, -0.25) is 9.59 Å². The fourth-order valence-corrected chi connectivity index (χ4v) is 2.22. The molecular formula is C15H20FN3O2. The summed E-state index contributed by atoms with van der Waals surface area (Å²) < 4.78 is 13.7. The molecule has 5 nitrogen and oxygen atoms in total. The Kier molecular flexibility index (Phi) is 4.25. The molecule has 6 heteroatoms. The second kappa shape index (κ2) is 5.79. The molecule has 114 valence electrons. The van der Waals surface area contributed by atoms with Crippen LogP contribution in [0.2, 0.25) is 0 Å². The van der Waals surface area contributed by atoms with E-state index in [0.29, 0.717) is 11.4 Å². The minimum atomic E-state index is -1.70. The van der Waals surface area contributed by atoms with E-state index in [1.54, 1.807) is 6.07 Å². The first-order chi connectivity index (χ1) is 9.87. The molecule has 0 radical (unpaired) electrons. The van der Waals surface area contributed by atoms with Gasteiger partial charge in [-0.1, -0.05) is 6.92 Å². The van der Waals surface area contributed by atoms with Crippen molar-refractivity contribution in [1.82, 2.24) is 4.98 Å². The predicted molar refractivity (Wildman–Crippen MR) is 78.1 cm³/mol. The lowest BCUT2D eigenvalue weighted by atomic mass is 10.0. The molecule has 2 rings (SSSR count). The topological polar surface area (TPSA) is 76.3 Å². The van der Waals surface area contributed by atoms with Gasteiger partial charge in [0.1, 0.15) is 5.82 Å². The molecular weight excluding hydrogens is 273 g/mol. The van der Waals surface area contributed by atoms with Gasteiger partial charge in [-0.2, -0.15) is 0 Å². The Labute approximate surface area is 123 Å². The number of Topliss-reactive ketones (excluding diaryl/α,β-unsaturated/α-hetero) is 1. The third-order valence-corrected chi connectivity index (χ3v) is 3.73. The average molecular weight is 293 g/mol. The highest BCUT2D eigenvalue weighted by Crippen LogP contribution is 2.41. The van der Waals surface area contributed by atoms with Crippen LogP contribution in [0.15, 0.2) is 12.3 Å². The summed E-state index contributed by atoms with van der Waals surface area (Å²) in [6, 6.07) is 1.57. The van der Waals surface area contributed by atoms with Gasteiger partial charge >= 0.3 is 0 Å². The molecule has 1 amide bonds. The van der Waals surface area contributed by atoms with E-state index in [-0.39, 0.29) is 24.8 Å². The van der Waals surface area contributed by atoms with Gasteiger partial charge in [0.05, 0.1) is 0 Å². The van der Waals surface area contributed by atoms with Gasteiger partial charge in [0.25, 0.3) is 0 Å². The minimum Gasteiger partial charge on any atom is -0.366 e. The number of carbonyl (C=O) groups is 2. The summed E-state index contributed by atoms with van der Waals surface area (Å²) in [6.07, 6.45) is 2.78. The van der Waals surface area contributed by atoms with Crippen molar-refractivity contribution in [3.8, 4) is 0 Å². The van der Waals surface area contributed by atoms with Crippen LogP contribution in [-0.4, -0.2) is 35.9 Å². The summed E-state index contributed by atoms with van der Waals surface area (Å²) in [5.74, 6) is -0.514. The van der Waals surface area contributed by atoms with Crippen LogP contribution in [0, 0.1) is 0 Å². The number of rotatable bonds is 7. The Morgan fingerprint density at radius 2 is 2.14 bits per heavy atom. The Bertz CT molecular complexity index is 570. The molecule has 1 fully saturated rings. The smallest absolute Gasteiger partial charge is 0.249 e. The Balaban J connectivity index is 2.25. The first kappa shape index (κ1) is 15.4. The van der Waals surface area contributed by atoms with Crippen LogP contribution < -0.4 is 10.6 Å². The number of nitrogens with two attached hydrogens (primary N) is 1. The Morgan fingerprint density at radius 1 is 1.48 bits per heavy atom. The lowest BCUT2D eigenvalue weighted by Crippen LogP contribution is -2.24. The van der Waals surface area contributed by atoms with E-state index in [4.69, 9.17) is 5.73 Å². The van der Waals surface area contributed by atoms with Crippen LogP contribution in [0.4, 0.5) is 10.2 Å². The van der Waals surface area contributed by atoms with Crippen molar-refractivity contribution in [3.63, 3.8) is 0 Å². The molecule has 0 atom stereocenters. The third kappa shape index (κ3) is 3.37. The number of primary amides is 1. The maximum absolute atomic E-state index is 13.7. The maximum atomic E-state index is 13.7. The number of aromatic nitrogens is 1. The molecule has 21 heavy (non-hydrogen) atoms. The number of hydrogen-bond acceptors (Lipinski definition) is 4. The Hall–Kier alpha value is -1.98. The lowest BCUT2D eigenvalue weighted by molar-refractivity contribution is -0.124. The van der Waals surface area contributed by atoms with E-state index in [9.17, 15) is 14.0 Å². The third-order valence-electron chi connectivity index (χ3n) is 3.73. The number of anilines is 1. The van der Waals surface area contributed by atoms with Gasteiger partial charge in [0, 0.05) is 31.8 Å². The number of ketones is 1. The first-order valence-corrected chi connectivity index (χ1v) is 7.09. The second-order valence-corrected chi connectivity index (χ2v) is 5.55. The largest absolute Gasteiger partial charge is 0.366 e. The molecule has 1 aromatic rings. The zero-order valence-electron chi connectivity index (χ0n) is 12.4. The lowest BCUT2D eigenvalue weighted by Gasteiger charge is -2.18. The molecule has 0 spiro atoms. The molecule has 1 saturated carbocycles. The molecule has 1 aliphatic rings. The standard InChI is InChI=1S/C15H20FN3O2/c1-3-6-19(2)13-8-11(14(17)21)10(9-18-13)7-12(20)15(16)4-5-15/h8-9H,3-7H2,1-2H3,(H2,17,21). The maximum Gasteiger partial charge on any atom is 0.249 e. The SMILES string of the molecule is CCCN(C)c1cc(C(N)=O)c(CC(=O)C2(F)CC2)cn1. The number of alkyl halides is 1. The molecule has 1 heterocycles. The molecule has 0 aromatic carbocycles. The molecule has 0 saturated heterocycles. The second-order valence-electron chi connectivity index (χ2n) is 5.55. The number of halogens is 1. The van der Waals surface area contributed by atoms with E-state index in [1.165, 1.54) is 6.20 Å². The zero-order valence-corrected chi connectivity index (χ0v) is 12.4. The molecule has 1 aromatic heterocycles. The highest BCUT2D eigenvalue weighted by atomic mass is 19.1. The van der Waals surface area contributed by atoms with Crippen molar-refractivity contribution >= 4 is 17.5 Å². The van der Waals surface area contributed by atoms with Crippen molar-refractivity contribution in [3.05, 3.63) is 23.4 Å². The number of nitrogens with zero attached hydrogens (tertiary/aromatic N) is 2. The summed E-state index contributed by atoms with van der Waals surface area (Å²) in [5, 5.41) is 0. The zero-order chi connectivity index (χ0) is 15.6. The fourth-order valence-electron chi connectivity index (χ4n) is 2.22. The van der Waals surface area contributed by atoms with Crippen LogP contribution in [0.3, 0.4) is 0 Å². The number of amides is 1. The highest BCUT2D eigenvalue weighted by Gasteiger charge is 2.50. The van der Waals surface area contributed by atoms with E-state index in [0.717, 1.165) is 13.0 Å². The number of hydrogen-bond donors (Lipinski definition) is 1. The summed E-state index contributed by atoms with van der Waals surface area (Å²) in [4.78, 5) is 29.5. The van der Waals surface area contributed by atoms with E-state index < -0.39 is 17.4 Å². The Morgan fingerprint density at radius 3 is 2.67 bits per heavy atom. The van der Waals surface area contributed by atoms with Gasteiger partial charge in [-0.15, -0.1) is 0 Å². The van der Waals surface area contributed by atoms with Crippen molar-refractivity contribution in [2.45, 2.75) is 38.3 Å². The van der Waals surface area contributed by atoms with Gasteiger partial charge in [-0.25, -0.2) is 9.37 Å². The van der Waals surface area contributed by atoms with Crippen LogP contribution >= 0.6 is 0 Å². The summed E-state index contributed by atoms with van der Waals surface area (Å²) in [7, 11) is 1.86. The quantitative estimate of drug-likeness (QED) is 0.829. The van der Waals surface area contributed by atoms with Crippen LogP contribution in [-0.2, 0) is 11.2 Å². The normalized spacial score (nSPS) is 15.6. The van der Waals surface area contributed by atoms with E-state index in [1.807, 2.05) is 18.9 Å². The molecule has 1 aliphatic carbocycles. The van der Waals surface area contributed by atoms with Gasteiger partial charge in [0.15, 0.2) is 11.5 Å². The predicted octanol–water partition coefficient (Wildman–Crippen LogP) is 1.64. The van der Waals surface area contributed by atoms with Crippen molar-refractivity contribution in [1.29, 1.82) is 0 Å². The van der Waals surface area contributed by atoms with Crippen LogP contribution in [0.25, 0.3) is 0 Å².